The number of nitrogens with one attached hydrogen (secondary N) is 1. The molecule has 7 heteroatoms. The van der Waals surface area contributed by atoms with E-state index in [1.807, 2.05) is 48.6 Å². The number of benzene rings is 1. The van der Waals surface area contributed by atoms with Gasteiger partial charge in [0.1, 0.15) is 0 Å². The first-order valence-corrected chi connectivity index (χ1v) is 10.7. The number of carbonyl (C=O) groups is 2. The van der Waals surface area contributed by atoms with E-state index in [0.29, 0.717) is 26.2 Å². The normalized spacial score (nSPS) is 14.9. The van der Waals surface area contributed by atoms with Gasteiger partial charge in [-0.2, -0.15) is 5.10 Å². The van der Waals surface area contributed by atoms with Gasteiger partial charge < -0.3 is 10.2 Å². The fourth-order valence-corrected chi connectivity index (χ4v) is 3.84. The lowest BCUT2D eigenvalue weighted by Gasteiger charge is -2.35. The van der Waals surface area contributed by atoms with E-state index in [1.165, 1.54) is 5.56 Å². The van der Waals surface area contributed by atoms with Crippen LogP contribution in [0.1, 0.15) is 36.4 Å². The van der Waals surface area contributed by atoms with Gasteiger partial charge in [0.15, 0.2) is 0 Å². The second kappa shape index (κ2) is 9.89. The summed E-state index contributed by atoms with van der Waals surface area (Å²) >= 11 is 0. The average molecular weight is 412 g/mol. The summed E-state index contributed by atoms with van der Waals surface area (Å²) in [6, 6.07) is 10.2. The van der Waals surface area contributed by atoms with Gasteiger partial charge in [-0.25, -0.2) is 0 Å². The maximum atomic E-state index is 12.5. The van der Waals surface area contributed by atoms with E-state index in [9.17, 15) is 9.59 Å². The van der Waals surface area contributed by atoms with E-state index < -0.39 is 0 Å². The molecule has 0 atom stereocenters. The molecule has 1 aliphatic heterocycles. The van der Waals surface area contributed by atoms with Crippen molar-refractivity contribution < 1.29 is 9.59 Å². The highest BCUT2D eigenvalue weighted by molar-refractivity contribution is 5.79. The van der Waals surface area contributed by atoms with Crippen molar-refractivity contribution in [3.05, 3.63) is 52.8 Å². The number of piperazine rings is 1. The van der Waals surface area contributed by atoms with Gasteiger partial charge in [0, 0.05) is 49.9 Å². The molecule has 1 aromatic carbocycles. The molecule has 2 aromatic rings. The van der Waals surface area contributed by atoms with Gasteiger partial charge in [-0.3, -0.25) is 19.2 Å². The topological polar surface area (TPSA) is 70.5 Å². The second-order valence-corrected chi connectivity index (χ2v) is 8.33. The smallest absolute Gasteiger partial charge is 0.234 e. The van der Waals surface area contributed by atoms with Gasteiger partial charge in [0.2, 0.25) is 11.8 Å². The summed E-state index contributed by atoms with van der Waals surface area (Å²) in [5, 5.41) is 7.70. The molecule has 2 heterocycles. The van der Waals surface area contributed by atoms with E-state index >= 15 is 0 Å². The Morgan fingerprint density at radius 3 is 2.37 bits per heavy atom. The number of aromatic nitrogens is 2. The highest BCUT2D eigenvalue weighted by atomic mass is 16.2. The molecule has 30 heavy (non-hydrogen) atoms. The van der Waals surface area contributed by atoms with Gasteiger partial charge in [-0.15, -0.1) is 0 Å². The van der Waals surface area contributed by atoms with Crippen LogP contribution in [-0.4, -0.2) is 64.1 Å². The van der Waals surface area contributed by atoms with E-state index in [0.717, 1.165) is 36.6 Å². The summed E-state index contributed by atoms with van der Waals surface area (Å²) in [5.41, 5.74) is 4.31. The van der Waals surface area contributed by atoms with E-state index in [4.69, 9.17) is 0 Å². The first-order valence-electron chi connectivity index (χ1n) is 10.7. The minimum atomic E-state index is 0.00763. The molecule has 3 rings (SSSR count). The molecule has 1 saturated heterocycles. The van der Waals surface area contributed by atoms with Crippen molar-refractivity contribution in [3.63, 3.8) is 0 Å². The van der Waals surface area contributed by atoms with Crippen molar-refractivity contribution in [1.29, 1.82) is 0 Å². The van der Waals surface area contributed by atoms with Crippen LogP contribution in [0.15, 0.2) is 30.3 Å². The lowest BCUT2D eigenvalue weighted by molar-refractivity contribution is -0.136. The third-order valence-electron chi connectivity index (χ3n) is 5.71. The number of nitrogens with zero attached hydrogens (tertiary/aromatic N) is 4. The minimum Gasteiger partial charge on any atom is -0.351 e. The largest absolute Gasteiger partial charge is 0.351 e. The van der Waals surface area contributed by atoms with Gasteiger partial charge in [0.05, 0.1) is 18.8 Å². The zero-order valence-electron chi connectivity index (χ0n) is 18.5. The number of aryl methyl sites for hydroxylation is 1. The molecule has 7 nitrogen and oxygen atoms in total. The molecule has 0 spiro atoms. The molecular weight excluding hydrogens is 378 g/mol. The molecule has 1 aromatic heterocycles. The molecule has 1 N–H and O–H groups in total. The molecule has 0 aliphatic carbocycles. The Hall–Kier alpha value is -2.67. The molecule has 0 unspecified atom stereocenters. The van der Waals surface area contributed by atoms with Crippen molar-refractivity contribution in [1.82, 2.24) is 24.9 Å². The van der Waals surface area contributed by atoms with Crippen molar-refractivity contribution >= 4 is 11.8 Å². The third-order valence-corrected chi connectivity index (χ3v) is 5.71. The van der Waals surface area contributed by atoms with E-state index in [1.54, 1.807) is 0 Å². The summed E-state index contributed by atoms with van der Waals surface area (Å²) < 4.78 is 2.00. The Bertz CT molecular complexity index is 867. The van der Waals surface area contributed by atoms with Crippen LogP contribution >= 0.6 is 0 Å². The van der Waals surface area contributed by atoms with Crippen LogP contribution < -0.4 is 5.32 Å². The molecule has 0 bridgehead atoms. The standard InChI is InChI=1S/C23H33N5O2/c1-17(2)23(30)27-12-10-26(11-13-27)16-22(29)24-14-21-18(3)25-28(19(21)4)15-20-8-6-5-7-9-20/h5-9,17H,10-16H2,1-4H3,(H,24,29). The SMILES string of the molecule is Cc1nn(Cc2ccccc2)c(C)c1CNC(=O)CN1CCN(C(=O)C(C)C)CC1. The summed E-state index contributed by atoms with van der Waals surface area (Å²) in [6.45, 7) is 12.3. The van der Waals surface area contributed by atoms with Gasteiger partial charge >= 0.3 is 0 Å². The third kappa shape index (κ3) is 5.48. The predicted octanol–water partition coefficient (Wildman–Crippen LogP) is 1.96. The maximum absolute atomic E-state index is 12.5. The minimum absolute atomic E-state index is 0.00763. The van der Waals surface area contributed by atoms with Crippen LogP contribution in [0.4, 0.5) is 0 Å². The first kappa shape index (κ1) is 22.0. The number of carbonyl (C=O) groups excluding carboxylic acids is 2. The predicted molar refractivity (Wildman–Crippen MR) is 117 cm³/mol. The summed E-state index contributed by atoms with van der Waals surface area (Å²) in [7, 11) is 0. The zero-order valence-corrected chi connectivity index (χ0v) is 18.5. The second-order valence-electron chi connectivity index (χ2n) is 8.33. The van der Waals surface area contributed by atoms with Crippen molar-refractivity contribution in [3.8, 4) is 0 Å². The number of rotatable bonds is 7. The quantitative estimate of drug-likeness (QED) is 0.756. The molecule has 0 radical (unpaired) electrons. The lowest BCUT2D eigenvalue weighted by Crippen LogP contribution is -2.51. The molecule has 1 aliphatic rings. The van der Waals surface area contributed by atoms with Crippen LogP contribution in [-0.2, 0) is 22.7 Å². The highest BCUT2D eigenvalue weighted by Gasteiger charge is 2.24. The summed E-state index contributed by atoms with van der Waals surface area (Å²) in [4.78, 5) is 28.6. The molecule has 162 valence electrons. The number of hydrogen-bond acceptors (Lipinski definition) is 4. The van der Waals surface area contributed by atoms with Crippen molar-refractivity contribution in [2.24, 2.45) is 5.92 Å². The van der Waals surface area contributed by atoms with Crippen molar-refractivity contribution in [2.45, 2.75) is 40.8 Å². The van der Waals surface area contributed by atoms with Gasteiger partial charge in [0.25, 0.3) is 0 Å². The van der Waals surface area contributed by atoms with Gasteiger partial charge in [-0.05, 0) is 19.4 Å². The lowest BCUT2D eigenvalue weighted by atomic mass is 10.1. The van der Waals surface area contributed by atoms with Crippen LogP contribution in [0.5, 0.6) is 0 Å². The summed E-state index contributed by atoms with van der Waals surface area (Å²) in [5.74, 6) is 0.222. The maximum Gasteiger partial charge on any atom is 0.234 e. The average Bonchev–Trinajstić information content (AvgIpc) is 2.99. The Morgan fingerprint density at radius 1 is 1.07 bits per heavy atom. The Balaban J connectivity index is 1.49. The van der Waals surface area contributed by atoms with Crippen molar-refractivity contribution in [2.75, 3.05) is 32.7 Å². The molecular formula is C23H33N5O2. The number of hydrogen-bond donors (Lipinski definition) is 1. The van der Waals surface area contributed by atoms with Crippen LogP contribution in [0.25, 0.3) is 0 Å². The highest BCUT2D eigenvalue weighted by Crippen LogP contribution is 2.15. The Morgan fingerprint density at radius 2 is 1.73 bits per heavy atom. The van der Waals surface area contributed by atoms with Crippen LogP contribution in [0.2, 0.25) is 0 Å². The van der Waals surface area contributed by atoms with Gasteiger partial charge in [-0.1, -0.05) is 44.2 Å². The summed E-state index contributed by atoms with van der Waals surface area (Å²) in [6.07, 6.45) is 0. The Kier molecular flexibility index (Phi) is 7.26. The fourth-order valence-electron chi connectivity index (χ4n) is 3.84. The van der Waals surface area contributed by atoms with E-state index in [-0.39, 0.29) is 17.7 Å². The first-order chi connectivity index (χ1) is 14.3. The molecule has 0 saturated carbocycles. The van der Waals surface area contributed by atoms with Crippen LogP contribution in [0.3, 0.4) is 0 Å². The van der Waals surface area contributed by atoms with Crippen LogP contribution in [0, 0.1) is 19.8 Å². The molecule has 1 fully saturated rings. The zero-order chi connectivity index (χ0) is 21.7. The monoisotopic (exact) mass is 411 g/mol. The molecule has 2 amide bonds. The Labute approximate surface area is 179 Å². The van der Waals surface area contributed by atoms with E-state index in [2.05, 4.69) is 34.4 Å². The fraction of sp³-hybridized carbons (Fsp3) is 0.522. The number of amides is 2.